The zero-order valence-electron chi connectivity index (χ0n) is 12.4. The predicted molar refractivity (Wildman–Crippen MR) is 86.0 cm³/mol. The van der Waals surface area contributed by atoms with Crippen molar-refractivity contribution in [3.8, 4) is 5.75 Å². The van der Waals surface area contributed by atoms with Gasteiger partial charge in [0.25, 0.3) is 0 Å². The van der Waals surface area contributed by atoms with Crippen LogP contribution in [-0.4, -0.2) is 19.2 Å². The van der Waals surface area contributed by atoms with Gasteiger partial charge in [0.05, 0.1) is 13.3 Å². The van der Waals surface area contributed by atoms with Crippen LogP contribution >= 0.6 is 0 Å². The Hall–Kier alpha value is -2.62. The Labute approximate surface area is 129 Å². The average molecular weight is 294 g/mol. The maximum Gasteiger partial charge on any atom is 0.243 e. The minimum Gasteiger partial charge on any atom is -0.497 e. The maximum atomic E-state index is 12.0. The first kappa shape index (κ1) is 14.3. The van der Waals surface area contributed by atoms with Gasteiger partial charge in [-0.05, 0) is 47.7 Å². The summed E-state index contributed by atoms with van der Waals surface area (Å²) in [6.45, 7) is 0. The van der Waals surface area contributed by atoms with Crippen molar-refractivity contribution >= 4 is 12.1 Å². The molecule has 1 fully saturated rings. The molecule has 0 saturated heterocycles. The van der Waals surface area contributed by atoms with E-state index in [-0.39, 0.29) is 11.8 Å². The molecule has 1 aliphatic rings. The van der Waals surface area contributed by atoms with Gasteiger partial charge in [0.2, 0.25) is 5.91 Å². The molecule has 0 heterocycles. The average Bonchev–Trinajstić information content (AvgIpc) is 3.37. The fourth-order valence-electron chi connectivity index (χ4n) is 2.50. The fraction of sp³-hybridized carbons (Fsp3) is 0.222. The number of rotatable bonds is 5. The van der Waals surface area contributed by atoms with Crippen molar-refractivity contribution in [1.29, 1.82) is 0 Å². The lowest BCUT2D eigenvalue weighted by atomic mass is 10.1. The number of nitrogens with zero attached hydrogens (tertiary/aromatic N) is 1. The van der Waals surface area contributed by atoms with Crippen LogP contribution in [0.25, 0.3) is 0 Å². The molecule has 2 aromatic carbocycles. The van der Waals surface area contributed by atoms with Gasteiger partial charge in [-0.2, -0.15) is 5.10 Å². The van der Waals surface area contributed by atoms with Crippen LogP contribution in [0, 0.1) is 5.92 Å². The highest BCUT2D eigenvalue weighted by Gasteiger charge is 2.43. The minimum absolute atomic E-state index is 0.0152. The van der Waals surface area contributed by atoms with Crippen molar-refractivity contribution in [3.05, 3.63) is 65.7 Å². The fourth-order valence-corrected chi connectivity index (χ4v) is 2.50. The third-order valence-corrected chi connectivity index (χ3v) is 3.86. The molecule has 22 heavy (non-hydrogen) atoms. The van der Waals surface area contributed by atoms with E-state index in [1.807, 2.05) is 42.5 Å². The summed E-state index contributed by atoms with van der Waals surface area (Å²) in [5.41, 5.74) is 4.76. The summed E-state index contributed by atoms with van der Waals surface area (Å²) in [5, 5.41) is 4.02. The molecule has 2 atom stereocenters. The summed E-state index contributed by atoms with van der Waals surface area (Å²) in [5.74, 6) is 1.15. The summed E-state index contributed by atoms with van der Waals surface area (Å²) in [4.78, 5) is 12.0. The summed E-state index contributed by atoms with van der Waals surface area (Å²) in [6, 6.07) is 17.6. The van der Waals surface area contributed by atoms with Crippen LogP contribution in [0.1, 0.15) is 23.5 Å². The number of hydrogen-bond donors (Lipinski definition) is 1. The highest BCUT2D eigenvalue weighted by Crippen LogP contribution is 2.47. The van der Waals surface area contributed by atoms with E-state index in [0.717, 1.165) is 17.7 Å². The van der Waals surface area contributed by atoms with Crippen molar-refractivity contribution in [2.75, 3.05) is 7.11 Å². The molecule has 4 heteroatoms. The van der Waals surface area contributed by atoms with Gasteiger partial charge in [0.15, 0.2) is 0 Å². The number of methoxy groups -OCH3 is 1. The van der Waals surface area contributed by atoms with Gasteiger partial charge in [0, 0.05) is 5.92 Å². The molecule has 0 bridgehead atoms. The SMILES string of the molecule is COc1ccc(/C=N/NC(=O)C2CC2c2ccccc2)cc1. The number of hydrazone groups is 1. The molecule has 0 aliphatic heterocycles. The molecule has 0 radical (unpaired) electrons. The van der Waals surface area contributed by atoms with Gasteiger partial charge >= 0.3 is 0 Å². The van der Waals surface area contributed by atoms with Crippen LogP contribution in [0.5, 0.6) is 5.75 Å². The van der Waals surface area contributed by atoms with E-state index in [2.05, 4.69) is 22.7 Å². The topological polar surface area (TPSA) is 50.7 Å². The van der Waals surface area contributed by atoms with E-state index in [4.69, 9.17) is 4.74 Å². The molecule has 1 N–H and O–H groups in total. The van der Waals surface area contributed by atoms with Gasteiger partial charge in [-0.3, -0.25) is 4.79 Å². The van der Waals surface area contributed by atoms with Crippen molar-refractivity contribution in [2.24, 2.45) is 11.0 Å². The molecule has 1 amide bonds. The van der Waals surface area contributed by atoms with E-state index in [1.54, 1.807) is 13.3 Å². The third-order valence-electron chi connectivity index (χ3n) is 3.86. The van der Waals surface area contributed by atoms with E-state index in [0.29, 0.717) is 5.92 Å². The van der Waals surface area contributed by atoms with E-state index >= 15 is 0 Å². The van der Waals surface area contributed by atoms with Gasteiger partial charge < -0.3 is 4.74 Å². The van der Waals surface area contributed by atoms with Gasteiger partial charge in [-0.15, -0.1) is 0 Å². The summed E-state index contributed by atoms with van der Waals surface area (Å²) < 4.78 is 5.09. The van der Waals surface area contributed by atoms with Crippen LogP contribution in [0.2, 0.25) is 0 Å². The van der Waals surface area contributed by atoms with Gasteiger partial charge in [-0.25, -0.2) is 5.43 Å². The first-order valence-corrected chi connectivity index (χ1v) is 7.30. The Morgan fingerprint density at radius 3 is 2.59 bits per heavy atom. The lowest BCUT2D eigenvalue weighted by molar-refractivity contribution is -0.122. The van der Waals surface area contributed by atoms with Crippen LogP contribution in [-0.2, 0) is 4.79 Å². The number of nitrogens with one attached hydrogen (secondary N) is 1. The van der Waals surface area contributed by atoms with E-state index < -0.39 is 0 Å². The van der Waals surface area contributed by atoms with Crippen LogP contribution in [0.3, 0.4) is 0 Å². The predicted octanol–water partition coefficient (Wildman–Crippen LogP) is 2.95. The lowest BCUT2D eigenvalue weighted by Crippen LogP contribution is -2.20. The highest BCUT2D eigenvalue weighted by molar-refractivity contribution is 5.85. The third kappa shape index (κ3) is 3.34. The minimum atomic E-state index is -0.0152. The van der Waals surface area contributed by atoms with Crippen molar-refractivity contribution in [3.63, 3.8) is 0 Å². The Balaban J connectivity index is 1.51. The second kappa shape index (κ2) is 6.43. The largest absolute Gasteiger partial charge is 0.497 e. The van der Waals surface area contributed by atoms with Crippen LogP contribution < -0.4 is 10.2 Å². The first-order valence-electron chi connectivity index (χ1n) is 7.30. The number of hydrogen-bond acceptors (Lipinski definition) is 3. The molecular weight excluding hydrogens is 276 g/mol. The zero-order chi connectivity index (χ0) is 15.4. The number of ether oxygens (including phenoxy) is 1. The van der Waals surface area contributed by atoms with Gasteiger partial charge in [-0.1, -0.05) is 30.3 Å². The molecule has 3 rings (SSSR count). The number of carbonyl (C=O) groups is 1. The van der Waals surface area contributed by atoms with Crippen molar-refractivity contribution in [2.45, 2.75) is 12.3 Å². The molecule has 112 valence electrons. The Morgan fingerprint density at radius 2 is 1.91 bits per heavy atom. The molecule has 2 aromatic rings. The molecule has 1 saturated carbocycles. The second-order valence-electron chi connectivity index (χ2n) is 5.37. The molecule has 1 aliphatic carbocycles. The first-order chi connectivity index (χ1) is 10.8. The van der Waals surface area contributed by atoms with E-state index in [1.165, 1.54) is 5.56 Å². The second-order valence-corrected chi connectivity index (χ2v) is 5.37. The van der Waals surface area contributed by atoms with E-state index in [9.17, 15) is 4.79 Å². The Morgan fingerprint density at radius 1 is 1.18 bits per heavy atom. The zero-order valence-corrected chi connectivity index (χ0v) is 12.4. The monoisotopic (exact) mass is 294 g/mol. The summed E-state index contributed by atoms with van der Waals surface area (Å²) in [6.07, 6.45) is 2.53. The standard InChI is InChI=1S/C18H18N2O2/c1-22-15-9-7-13(8-10-15)12-19-20-18(21)17-11-16(17)14-5-3-2-4-6-14/h2-10,12,16-17H,11H2,1H3,(H,20,21)/b19-12+. The quantitative estimate of drug-likeness (QED) is 0.681. The molecule has 0 spiro atoms. The lowest BCUT2D eigenvalue weighted by Gasteiger charge is -2.01. The van der Waals surface area contributed by atoms with Crippen molar-refractivity contribution < 1.29 is 9.53 Å². The molecular formula is C18H18N2O2. The molecule has 4 nitrogen and oxygen atoms in total. The van der Waals surface area contributed by atoms with Crippen LogP contribution in [0.15, 0.2) is 59.7 Å². The highest BCUT2D eigenvalue weighted by atomic mass is 16.5. The Bertz CT molecular complexity index is 665. The van der Waals surface area contributed by atoms with Gasteiger partial charge in [0.1, 0.15) is 5.75 Å². The summed E-state index contributed by atoms with van der Waals surface area (Å²) >= 11 is 0. The van der Waals surface area contributed by atoms with Crippen molar-refractivity contribution in [1.82, 2.24) is 5.43 Å². The number of carbonyl (C=O) groups excluding carboxylic acids is 1. The molecule has 0 aromatic heterocycles. The summed E-state index contributed by atoms with van der Waals surface area (Å²) in [7, 11) is 1.63. The van der Waals surface area contributed by atoms with Crippen LogP contribution in [0.4, 0.5) is 0 Å². The maximum absolute atomic E-state index is 12.0. The number of amides is 1. The Kier molecular flexibility index (Phi) is 4.19. The normalized spacial score (nSPS) is 19.9. The number of benzene rings is 2. The molecule has 2 unspecified atom stereocenters. The smallest absolute Gasteiger partial charge is 0.243 e.